The maximum atomic E-state index is 11.7. The lowest BCUT2D eigenvalue weighted by Gasteiger charge is -2.04. The molecule has 0 aliphatic rings. The van der Waals surface area contributed by atoms with Gasteiger partial charge >= 0.3 is 5.97 Å². The first kappa shape index (κ1) is 12.4. The number of carbonyl (C=O) groups excluding carboxylic acids is 1. The number of hydrogen-bond acceptors (Lipinski definition) is 3. The van der Waals surface area contributed by atoms with Gasteiger partial charge < -0.3 is 4.74 Å². The van der Waals surface area contributed by atoms with Crippen molar-refractivity contribution in [3.63, 3.8) is 0 Å². The minimum atomic E-state index is -0.308. The number of benzene rings is 1. The SMILES string of the molecule is CCOC(=O)c1ccn2c(-c3ccccc3)ncc2c1. The van der Waals surface area contributed by atoms with E-state index >= 15 is 0 Å². The first-order chi connectivity index (χ1) is 9.79. The van der Waals surface area contributed by atoms with Gasteiger partial charge in [-0.3, -0.25) is 4.40 Å². The van der Waals surface area contributed by atoms with Gasteiger partial charge in [0.2, 0.25) is 0 Å². The molecule has 0 N–H and O–H groups in total. The van der Waals surface area contributed by atoms with Crippen molar-refractivity contribution in [2.24, 2.45) is 0 Å². The van der Waals surface area contributed by atoms with Crippen LogP contribution < -0.4 is 0 Å². The molecule has 1 aromatic carbocycles. The van der Waals surface area contributed by atoms with Crippen LogP contribution in [0.5, 0.6) is 0 Å². The molecule has 3 rings (SSSR count). The smallest absolute Gasteiger partial charge is 0.338 e. The van der Waals surface area contributed by atoms with Crippen LogP contribution in [0.2, 0.25) is 0 Å². The minimum Gasteiger partial charge on any atom is -0.462 e. The van der Waals surface area contributed by atoms with Gasteiger partial charge in [-0.1, -0.05) is 30.3 Å². The number of imidazole rings is 1. The van der Waals surface area contributed by atoms with E-state index in [0.29, 0.717) is 12.2 Å². The van der Waals surface area contributed by atoms with Crippen molar-refractivity contribution in [1.29, 1.82) is 0 Å². The molecule has 0 atom stereocenters. The normalized spacial score (nSPS) is 10.7. The first-order valence-electron chi connectivity index (χ1n) is 6.49. The molecule has 0 saturated heterocycles. The van der Waals surface area contributed by atoms with E-state index in [1.54, 1.807) is 25.3 Å². The minimum absolute atomic E-state index is 0.308. The lowest BCUT2D eigenvalue weighted by Crippen LogP contribution is -2.05. The number of ether oxygens (including phenoxy) is 1. The van der Waals surface area contributed by atoms with Gasteiger partial charge in [-0.05, 0) is 19.1 Å². The number of rotatable bonds is 3. The summed E-state index contributed by atoms with van der Waals surface area (Å²) in [5.41, 5.74) is 2.45. The Morgan fingerprint density at radius 1 is 1.25 bits per heavy atom. The Labute approximate surface area is 116 Å². The third-order valence-electron chi connectivity index (χ3n) is 3.08. The van der Waals surface area contributed by atoms with Gasteiger partial charge in [-0.2, -0.15) is 0 Å². The molecule has 0 fully saturated rings. The molecule has 100 valence electrons. The maximum absolute atomic E-state index is 11.7. The van der Waals surface area contributed by atoms with Gasteiger partial charge in [0.15, 0.2) is 0 Å². The topological polar surface area (TPSA) is 43.6 Å². The molecule has 2 heterocycles. The van der Waals surface area contributed by atoms with Crippen molar-refractivity contribution < 1.29 is 9.53 Å². The van der Waals surface area contributed by atoms with Crippen molar-refractivity contribution in [2.75, 3.05) is 6.61 Å². The van der Waals surface area contributed by atoms with E-state index in [9.17, 15) is 4.79 Å². The highest BCUT2D eigenvalue weighted by Crippen LogP contribution is 2.20. The lowest BCUT2D eigenvalue weighted by atomic mass is 10.2. The molecular weight excluding hydrogens is 252 g/mol. The summed E-state index contributed by atoms with van der Waals surface area (Å²) < 4.78 is 6.96. The average molecular weight is 266 g/mol. The van der Waals surface area contributed by atoms with Gasteiger partial charge in [-0.25, -0.2) is 9.78 Å². The highest BCUT2D eigenvalue weighted by molar-refractivity contribution is 5.90. The van der Waals surface area contributed by atoms with Crippen LogP contribution in [-0.4, -0.2) is 22.0 Å². The van der Waals surface area contributed by atoms with Gasteiger partial charge in [-0.15, -0.1) is 0 Å². The Hall–Kier alpha value is -2.62. The molecule has 0 radical (unpaired) electrons. The monoisotopic (exact) mass is 266 g/mol. The molecule has 4 nitrogen and oxygen atoms in total. The molecule has 0 aliphatic heterocycles. The molecule has 0 bridgehead atoms. The standard InChI is InChI=1S/C16H14N2O2/c1-2-20-16(19)13-8-9-18-14(10-13)11-17-15(18)12-6-4-3-5-7-12/h3-11H,2H2,1H3. The van der Waals surface area contributed by atoms with Crippen LogP contribution in [-0.2, 0) is 4.74 Å². The van der Waals surface area contributed by atoms with E-state index in [1.165, 1.54) is 0 Å². The summed E-state index contributed by atoms with van der Waals surface area (Å²) in [5, 5.41) is 0. The Morgan fingerprint density at radius 3 is 2.80 bits per heavy atom. The van der Waals surface area contributed by atoms with E-state index in [0.717, 1.165) is 16.9 Å². The fourth-order valence-corrected chi connectivity index (χ4v) is 2.14. The number of aromatic nitrogens is 2. The fourth-order valence-electron chi connectivity index (χ4n) is 2.14. The summed E-state index contributed by atoms with van der Waals surface area (Å²) in [6.45, 7) is 2.17. The molecule has 0 aliphatic carbocycles. The maximum Gasteiger partial charge on any atom is 0.338 e. The zero-order valence-electron chi connectivity index (χ0n) is 11.1. The third-order valence-corrected chi connectivity index (χ3v) is 3.08. The number of pyridine rings is 1. The van der Waals surface area contributed by atoms with Crippen LogP contribution >= 0.6 is 0 Å². The number of fused-ring (bicyclic) bond motifs is 1. The Kier molecular flexibility index (Phi) is 3.21. The third kappa shape index (κ3) is 2.16. The van der Waals surface area contributed by atoms with E-state index in [-0.39, 0.29) is 5.97 Å². The summed E-state index contributed by atoms with van der Waals surface area (Å²) in [4.78, 5) is 16.1. The summed E-state index contributed by atoms with van der Waals surface area (Å²) in [5.74, 6) is 0.550. The van der Waals surface area contributed by atoms with Gasteiger partial charge in [0, 0.05) is 11.8 Å². The first-order valence-corrected chi connectivity index (χ1v) is 6.49. The zero-order valence-corrected chi connectivity index (χ0v) is 11.1. The van der Waals surface area contributed by atoms with E-state index < -0.39 is 0 Å². The van der Waals surface area contributed by atoms with Gasteiger partial charge in [0.05, 0.1) is 23.9 Å². The predicted octanol–water partition coefficient (Wildman–Crippen LogP) is 3.18. The van der Waals surface area contributed by atoms with Crippen molar-refractivity contribution >= 4 is 11.5 Å². The van der Waals surface area contributed by atoms with Crippen LogP contribution in [0.25, 0.3) is 16.9 Å². The molecule has 20 heavy (non-hydrogen) atoms. The summed E-state index contributed by atoms with van der Waals surface area (Å²) in [6.07, 6.45) is 3.60. The molecule has 0 unspecified atom stereocenters. The van der Waals surface area contributed by atoms with Crippen molar-refractivity contribution in [3.05, 3.63) is 60.4 Å². The summed E-state index contributed by atoms with van der Waals surface area (Å²) in [7, 11) is 0. The van der Waals surface area contributed by atoms with Crippen LogP contribution in [0.1, 0.15) is 17.3 Å². The average Bonchev–Trinajstić information content (AvgIpc) is 2.91. The van der Waals surface area contributed by atoms with Crippen LogP contribution in [0.3, 0.4) is 0 Å². The Bertz CT molecular complexity index is 748. The predicted molar refractivity (Wildman–Crippen MR) is 76.6 cm³/mol. The second-order valence-electron chi connectivity index (χ2n) is 4.38. The molecule has 3 aromatic rings. The second-order valence-corrected chi connectivity index (χ2v) is 4.38. The van der Waals surface area contributed by atoms with Crippen LogP contribution in [0.15, 0.2) is 54.9 Å². The van der Waals surface area contributed by atoms with E-state index in [2.05, 4.69) is 4.98 Å². The Balaban J connectivity index is 2.05. The van der Waals surface area contributed by atoms with Gasteiger partial charge in [0.1, 0.15) is 5.82 Å². The summed E-state index contributed by atoms with van der Waals surface area (Å²) in [6, 6.07) is 13.5. The van der Waals surface area contributed by atoms with Crippen molar-refractivity contribution in [2.45, 2.75) is 6.92 Å². The molecule has 4 heteroatoms. The molecule has 0 spiro atoms. The van der Waals surface area contributed by atoms with E-state index in [1.807, 2.05) is 40.9 Å². The van der Waals surface area contributed by atoms with Gasteiger partial charge in [0.25, 0.3) is 0 Å². The van der Waals surface area contributed by atoms with Crippen molar-refractivity contribution in [3.8, 4) is 11.4 Å². The Morgan fingerprint density at radius 2 is 2.05 bits per heavy atom. The molecular formula is C16H14N2O2. The van der Waals surface area contributed by atoms with Crippen LogP contribution in [0, 0.1) is 0 Å². The molecule has 0 amide bonds. The zero-order chi connectivity index (χ0) is 13.9. The second kappa shape index (κ2) is 5.17. The number of hydrogen-bond donors (Lipinski definition) is 0. The number of nitrogens with zero attached hydrogens (tertiary/aromatic N) is 2. The van der Waals surface area contributed by atoms with Crippen molar-refractivity contribution in [1.82, 2.24) is 9.38 Å². The fraction of sp³-hybridized carbons (Fsp3) is 0.125. The highest BCUT2D eigenvalue weighted by Gasteiger charge is 2.10. The quantitative estimate of drug-likeness (QED) is 0.684. The van der Waals surface area contributed by atoms with Crippen LogP contribution in [0.4, 0.5) is 0 Å². The lowest BCUT2D eigenvalue weighted by molar-refractivity contribution is 0.0526. The highest BCUT2D eigenvalue weighted by atomic mass is 16.5. The summed E-state index contributed by atoms with van der Waals surface area (Å²) >= 11 is 0. The largest absolute Gasteiger partial charge is 0.462 e. The number of esters is 1. The van der Waals surface area contributed by atoms with E-state index in [4.69, 9.17) is 4.74 Å². The molecule has 2 aromatic heterocycles. The molecule has 0 saturated carbocycles. The number of carbonyl (C=O) groups is 1.